The third-order valence-corrected chi connectivity index (χ3v) is 3.85. The molecule has 90 valence electrons. The van der Waals surface area contributed by atoms with E-state index >= 15 is 0 Å². The largest absolute Gasteiger partial charge is 0.304 e. The molecule has 1 rings (SSSR count). The number of hydrogen-bond acceptors (Lipinski definition) is 5. The molecule has 0 saturated heterocycles. The van der Waals surface area contributed by atoms with E-state index in [9.17, 15) is 8.42 Å². The van der Waals surface area contributed by atoms with Crippen LogP contribution in [0.3, 0.4) is 0 Å². The second-order valence-electron chi connectivity index (χ2n) is 3.25. The Morgan fingerprint density at radius 1 is 1.50 bits per heavy atom. The monoisotopic (exact) mass is 263 g/mol. The van der Waals surface area contributed by atoms with Crippen LogP contribution in [-0.2, 0) is 15.0 Å². The molecule has 0 atom stereocenters. The van der Waals surface area contributed by atoms with Gasteiger partial charge in [-0.1, -0.05) is 0 Å². The molecule has 0 saturated carbocycles. The SMILES string of the molecule is CC(C)ONC=Cc1ccc(S(=O)(=O)O)s1. The van der Waals surface area contributed by atoms with Crippen molar-refractivity contribution < 1.29 is 17.8 Å². The van der Waals surface area contributed by atoms with Gasteiger partial charge in [0.15, 0.2) is 0 Å². The maximum atomic E-state index is 10.8. The Hall–Kier alpha value is -0.890. The summed E-state index contributed by atoms with van der Waals surface area (Å²) >= 11 is 0.978. The highest BCUT2D eigenvalue weighted by Gasteiger charge is 2.11. The molecule has 0 spiro atoms. The van der Waals surface area contributed by atoms with Gasteiger partial charge in [0.05, 0.1) is 6.10 Å². The van der Waals surface area contributed by atoms with Gasteiger partial charge < -0.3 is 0 Å². The van der Waals surface area contributed by atoms with Crippen molar-refractivity contribution in [1.29, 1.82) is 0 Å². The van der Waals surface area contributed by atoms with Crippen molar-refractivity contribution in [2.75, 3.05) is 0 Å². The van der Waals surface area contributed by atoms with E-state index in [0.29, 0.717) is 4.88 Å². The lowest BCUT2D eigenvalue weighted by Gasteiger charge is -2.03. The molecule has 0 aliphatic heterocycles. The minimum atomic E-state index is -4.09. The molecule has 7 heteroatoms. The average molecular weight is 263 g/mol. The maximum Gasteiger partial charge on any atom is 0.304 e. The Kier molecular flexibility index (Phi) is 4.48. The highest BCUT2D eigenvalue weighted by atomic mass is 32.3. The molecule has 0 amide bonds. The second kappa shape index (κ2) is 5.44. The molecule has 16 heavy (non-hydrogen) atoms. The molecule has 0 aromatic carbocycles. The fourth-order valence-electron chi connectivity index (χ4n) is 0.854. The molecule has 5 nitrogen and oxygen atoms in total. The maximum absolute atomic E-state index is 10.8. The molecule has 0 bridgehead atoms. The van der Waals surface area contributed by atoms with Gasteiger partial charge in [0, 0.05) is 11.1 Å². The first-order chi connectivity index (χ1) is 7.39. The quantitative estimate of drug-likeness (QED) is 0.627. The first kappa shape index (κ1) is 13.2. The molecule has 1 aromatic rings. The Morgan fingerprint density at radius 3 is 2.69 bits per heavy atom. The van der Waals surface area contributed by atoms with E-state index in [2.05, 4.69) is 5.48 Å². The summed E-state index contributed by atoms with van der Waals surface area (Å²) in [5.74, 6) is 0. The van der Waals surface area contributed by atoms with E-state index in [1.807, 2.05) is 13.8 Å². The van der Waals surface area contributed by atoms with Crippen LogP contribution in [0.1, 0.15) is 18.7 Å². The Bertz CT molecular complexity index is 462. The van der Waals surface area contributed by atoms with Crippen LogP contribution in [0.2, 0.25) is 0 Å². The van der Waals surface area contributed by atoms with Gasteiger partial charge in [-0.3, -0.25) is 14.9 Å². The molecule has 0 radical (unpaired) electrons. The molecule has 1 aromatic heterocycles. The summed E-state index contributed by atoms with van der Waals surface area (Å²) in [7, 11) is -4.09. The lowest BCUT2D eigenvalue weighted by atomic mass is 10.4. The summed E-state index contributed by atoms with van der Waals surface area (Å²) in [4.78, 5) is 5.74. The zero-order valence-corrected chi connectivity index (χ0v) is 10.5. The second-order valence-corrected chi connectivity index (χ2v) is 6.01. The molecule has 0 aliphatic carbocycles. The highest BCUT2D eigenvalue weighted by molar-refractivity contribution is 7.88. The Morgan fingerprint density at radius 2 is 2.19 bits per heavy atom. The summed E-state index contributed by atoms with van der Waals surface area (Å²) in [5, 5.41) is 0. The number of nitrogens with one attached hydrogen (secondary N) is 1. The smallest absolute Gasteiger partial charge is 0.281 e. The predicted octanol–water partition coefficient (Wildman–Crippen LogP) is 1.90. The summed E-state index contributed by atoms with van der Waals surface area (Å²) in [6.45, 7) is 3.75. The van der Waals surface area contributed by atoms with Crippen molar-refractivity contribution >= 4 is 27.5 Å². The number of thiophene rings is 1. The third-order valence-electron chi connectivity index (χ3n) is 1.48. The van der Waals surface area contributed by atoms with Crippen LogP contribution in [0.4, 0.5) is 0 Å². The Labute approximate surface area is 98.5 Å². The summed E-state index contributed by atoms with van der Waals surface area (Å²) in [6, 6.07) is 2.95. The van der Waals surface area contributed by atoms with E-state index in [1.165, 1.54) is 6.07 Å². The van der Waals surface area contributed by atoms with Crippen LogP contribution in [-0.4, -0.2) is 19.1 Å². The zero-order chi connectivity index (χ0) is 12.2. The van der Waals surface area contributed by atoms with Gasteiger partial charge in [-0.25, -0.2) is 0 Å². The third kappa shape index (κ3) is 4.31. The van der Waals surface area contributed by atoms with Gasteiger partial charge in [0.25, 0.3) is 0 Å². The van der Waals surface area contributed by atoms with E-state index in [0.717, 1.165) is 11.3 Å². The molecule has 2 N–H and O–H groups in total. The lowest BCUT2D eigenvalue weighted by Crippen LogP contribution is -2.12. The van der Waals surface area contributed by atoms with Crippen molar-refractivity contribution in [3.05, 3.63) is 23.2 Å². The Balaban J connectivity index is 2.59. The fourth-order valence-corrected chi connectivity index (χ4v) is 2.44. The van der Waals surface area contributed by atoms with E-state index in [1.54, 1.807) is 18.3 Å². The standard InChI is InChI=1S/C9H13NO4S2/c1-7(2)14-10-6-5-8-3-4-9(15-8)16(11,12)13/h3-7,10H,1-2H3,(H,11,12,13). The van der Waals surface area contributed by atoms with E-state index in [-0.39, 0.29) is 10.3 Å². The topological polar surface area (TPSA) is 75.6 Å². The number of rotatable bonds is 5. The van der Waals surface area contributed by atoms with Crippen molar-refractivity contribution in [3.63, 3.8) is 0 Å². The van der Waals surface area contributed by atoms with E-state index < -0.39 is 10.1 Å². The number of hydroxylamine groups is 1. The van der Waals surface area contributed by atoms with Crippen LogP contribution in [0.15, 0.2) is 22.5 Å². The van der Waals surface area contributed by atoms with Crippen molar-refractivity contribution in [3.8, 4) is 0 Å². The van der Waals surface area contributed by atoms with Gasteiger partial charge in [-0.2, -0.15) is 8.42 Å². The predicted molar refractivity (Wildman–Crippen MR) is 62.5 cm³/mol. The minimum absolute atomic E-state index is 0.0568. The summed E-state index contributed by atoms with van der Waals surface area (Å²) in [5.41, 5.74) is 2.60. The summed E-state index contributed by atoms with van der Waals surface area (Å²) in [6.07, 6.45) is 3.27. The average Bonchev–Trinajstić information content (AvgIpc) is 2.59. The number of hydrogen-bond donors (Lipinski definition) is 2. The van der Waals surface area contributed by atoms with Crippen LogP contribution >= 0.6 is 11.3 Å². The van der Waals surface area contributed by atoms with Crippen LogP contribution in [0, 0.1) is 0 Å². The van der Waals surface area contributed by atoms with Gasteiger partial charge in [-0.15, -0.1) is 11.3 Å². The molecule has 0 unspecified atom stereocenters. The van der Waals surface area contributed by atoms with E-state index in [4.69, 9.17) is 9.39 Å². The molecule has 1 heterocycles. The zero-order valence-electron chi connectivity index (χ0n) is 8.88. The van der Waals surface area contributed by atoms with Gasteiger partial charge in [0.2, 0.25) is 0 Å². The van der Waals surface area contributed by atoms with Crippen LogP contribution in [0.5, 0.6) is 0 Å². The molecular weight excluding hydrogens is 250 g/mol. The van der Waals surface area contributed by atoms with Crippen LogP contribution in [0.25, 0.3) is 6.08 Å². The van der Waals surface area contributed by atoms with Crippen LogP contribution < -0.4 is 5.48 Å². The summed E-state index contributed by atoms with van der Waals surface area (Å²) < 4.78 is 30.2. The first-order valence-electron chi connectivity index (χ1n) is 4.54. The highest BCUT2D eigenvalue weighted by Crippen LogP contribution is 2.21. The first-order valence-corrected chi connectivity index (χ1v) is 6.80. The molecule has 0 aliphatic rings. The molecule has 0 fully saturated rings. The van der Waals surface area contributed by atoms with Crippen molar-refractivity contribution in [2.45, 2.75) is 24.2 Å². The van der Waals surface area contributed by atoms with Gasteiger partial charge in [0.1, 0.15) is 4.21 Å². The minimum Gasteiger partial charge on any atom is -0.281 e. The van der Waals surface area contributed by atoms with Crippen molar-refractivity contribution in [1.82, 2.24) is 5.48 Å². The van der Waals surface area contributed by atoms with Gasteiger partial charge in [-0.05, 0) is 32.1 Å². The fraction of sp³-hybridized carbons (Fsp3) is 0.333. The normalized spacial score (nSPS) is 12.5. The molecular formula is C9H13NO4S2. The van der Waals surface area contributed by atoms with Gasteiger partial charge >= 0.3 is 10.1 Å². The van der Waals surface area contributed by atoms with Crippen molar-refractivity contribution in [2.24, 2.45) is 0 Å². The lowest BCUT2D eigenvalue weighted by molar-refractivity contribution is 0.0216.